The van der Waals surface area contributed by atoms with Crippen molar-refractivity contribution >= 4 is 11.0 Å². The van der Waals surface area contributed by atoms with Crippen molar-refractivity contribution < 1.29 is 13.9 Å². The fourth-order valence-corrected chi connectivity index (χ4v) is 2.56. The number of hydrogen-bond donors (Lipinski definition) is 0. The Morgan fingerprint density at radius 2 is 1.75 bits per heavy atom. The van der Waals surface area contributed by atoms with Crippen molar-refractivity contribution in [2.24, 2.45) is 0 Å². The second-order valence-corrected chi connectivity index (χ2v) is 5.98. The molecule has 0 radical (unpaired) electrons. The maximum Gasteiger partial charge on any atom is 0.235 e. The summed E-state index contributed by atoms with van der Waals surface area (Å²) in [5.41, 5.74) is 2.20. The zero-order chi connectivity index (χ0) is 17.3. The number of rotatable bonds is 4. The topological polar surface area (TPSA) is 48.7 Å². The lowest BCUT2D eigenvalue weighted by Gasteiger charge is -2.14. The Labute approximate surface area is 140 Å². The van der Waals surface area contributed by atoms with Crippen LogP contribution in [-0.4, -0.2) is 13.2 Å². The van der Waals surface area contributed by atoms with Gasteiger partial charge in [-0.05, 0) is 62.7 Å². The zero-order valence-electron chi connectivity index (χ0n) is 14.3. The van der Waals surface area contributed by atoms with Crippen molar-refractivity contribution in [3.8, 4) is 22.8 Å². The Balaban J connectivity index is 2.28. The van der Waals surface area contributed by atoms with Gasteiger partial charge in [-0.25, -0.2) is 0 Å². The SMILES string of the molecule is COc1ccc(-c2oc3cc(C)ccc3c(=O)c2OC(C)C)cc1. The molecule has 1 aromatic heterocycles. The number of fused-ring (bicyclic) bond motifs is 1. The summed E-state index contributed by atoms with van der Waals surface area (Å²) in [6, 6.07) is 12.9. The normalized spacial score (nSPS) is 11.0. The largest absolute Gasteiger partial charge is 0.497 e. The van der Waals surface area contributed by atoms with Crippen LogP contribution in [0.25, 0.3) is 22.3 Å². The molecule has 0 unspecified atom stereocenters. The summed E-state index contributed by atoms with van der Waals surface area (Å²) in [5, 5.41) is 0.522. The lowest BCUT2D eigenvalue weighted by Crippen LogP contribution is -2.15. The molecule has 124 valence electrons. The molecule has 1 heterocycles. The molecular formula is C20H20O4. The van der Waals surface area contributed by atoms with Crippen LogP contribution < -0.4 is 14.9 Å². The van der Waals surface area contributed by atoms with Crippen LogP contribution in [-0.2, 0) is 0 Å². The van der Waals surface area contributed by atoms with Gasteiger partial charge in [0.25, 0.3) is 0 Å². The quantitative estimate of drug-likeness (QED) is 0.705. The summed E-state index contributed by atoms with van der Waals surface area (Å²) in [6.45, 7) is 5.73. The average molecular weight is 324 g/mol. The summed E-state index contributed by atoms with van der Waals surface area (Å²) in [5.74, 6) is 1.42. The molecule has 4 nitrogen and oxygen atoms in total. The van der Waals surface area contributed by atoms with Crippen molar-refractivity contribution in [2.75, 3.05) is 7.11 Å². The van der Waals surface area contributed by atoms with Crippen molar-refractivity contribution in [3.63, 3.8) is 0 Å². The maximum absolute atomic E-state index is 12.9. The average Bonchev–Trinajstić information content (AvgIpc) is 2.57. The zero-order valence-corrected chi connectivity index (χ0v) is 14.3. The Bertz CT molecular complexity index is 921. The molecular weight excluding hydrogens is 304 g/mol. The molecule has 24 heavy (non-hydrogen) atoms. The van der Waals surface area contributed by atoms with Crippen LogP contribution in [0.1, 0.15) is 19.4 Å². The summed E-state index contributed by atoms with van der Waals surface area (Å²) >= 11 is 0. The molecule has 3 rings (SSSR count). The lowest BCUT2D eigenvalue weighted by molar-refractivity contribution is 0.236. The molecule has 0 N–H and O–H groups in total. The molecule has 4 heteroatoms. The number of hydrogen-bond acceptors (Lipinski definition) is 4. The number of methoxy groups -OCH3 is 1. The van der Waals surface area contributed by atoms with Crippen LogP contribution in [0, 0.1) is 6.92 Å². The molecule has 2 aromatic carbocycles. The minimum Gasteiger partial charge on any atom is -0.497 e. The second kappa shape index (κ2) is 6.40. The van der Waals surface area contributed by atoms with Gasteiger partial charge in [-0.3, -0.25) is 4.79 Å². The van der Waals surface area contributed by atoms with E-state index in [1.165, 1.54) is 0 Å². The van der Waals surface area contributed by atoms with E-state index >= 15 is 0 Å². The van der Waals surface area contributed by atoms with Gasteiger partial charge < -0.3 is 13.9 Å². The fourth-order valence-electron chi connectivity index (χ4n) is 2.56. The van der Waals surface area contributed by atoms with Crippen LogP contribution in [0.4, 0.5) is 0 Å². The van der Waals surface area contributed by atoms with Gasteiger partial charge in [0.1, 0.15) is 11.3 Å². The fraction of sp³-hybridized carbons (Fsp3) is 0.250. The highest BCUT2D eigenvalue weighted by Gasteiger charge is 2.18. The Hall–Kier alpha value is -2.75. The predicted molar refractivity (Wildman–Crippen MR) is 95.0 cm³/mol. The van der Waals surface area contributed by atoms with E-state index in [0.29, 0.717) is 16.7 Å². The van der Waals surface area contributed by atoms with Gasteiger partial charge in [-0.2, -0.15) is 0 Å². The van der Waals surface area contributed by atoms with Crippen LogP contribution in [0.5, 0.6) is 11.5 Å². The minimum atomic E-state index is -0.157. The summed E-state index contributed by atoms with van der Waals surface area (Å²) in [4.78, 5) is 12.9. The third kappa shape index (κ3) is 3.00. The summed E-state index contributed by atoms with van der Waals surface area (Å²) in [6.07, 6.45) is -0.132. The molecule has 0 spiro atoms. The van der Waals surface area contributed by atoms with Crippen molar-refractivity contribution in [3.05, 3.63) is 58.3 Å². The first-order valence-corrected chi connectivity index (χ1v) is 7.88. The molecule has 0 atom stereocenters. The second-order valence-electron chi connectivity index (χ2n) is 5.98. The first-order chi connectivity index (χ1) is 11.5. The molecule has 0 fully saturated rings. The smallest absolute Gasteiger partial charge is 0.235 e. The van der Waals surface area contributed by atoms with Crippen molar-refractivity contribution in [1.29, 1.82) is 0 Å². The number of benzene rings is 2. The van der Waals surface area contributed by atoms with Crippen LogP contribution in [0.3, 0.4) is 0 Å². The van der Waals surface area contributed by atoms with Gasteiger partial charge in [-0.1, -0.05) is 6.07 Å². The molecule has 0 aliphatic rings. The third-order valence-electron chi connectivity index (χ3n) is 3.71. The van der Waals surface area contributed by atoms with Gasteiger partial charge in [0.15, 0.2) is 5.76 Å². The molecule has 0 aliphatic heterocycles. The standard InChI is InChI=1S/C20H20O4/c1-12(2)23-20-18(21)16-10-5-13(3)11-17(16)24-19(20)14-6-8-15(22-4)9-7-14/h5-12H,1-4H3. The van der Waals surface area contributed by atoms with Gasteiger partial charge in [0.2, 0.25) is 11.2 Å². The monoisotopic (exact) mass is 324 g/mol. The minimum absolute atomic E-state index is 0.132. The van der Waals surface area contributed by atoms with Crippen LogP contribution in [0.2, 0.25) is 0 Å². The third-order valence-corrected chi connectivity index (χ3v) is 3.71. The van der Waals surface area contributed by atoms with E-state index in [-0.39, 0.29) is 17.3 Å². The van der Waals surface area contributed by atoms with Crippen molar-refractivity contribution in [2.45, 2.75) is 26.9 Å². The van der Waals surface area contributed by atoms with E-state index in [1.54, 1.807) is 13.2 Å². The van der Waals surface area contributed by atoms with Crippen LogP contribution >= 0.6 is 0 Å². The number of ether oxygens (including phenoxy) is 2. The molecule has 0 bridgehead atoms. The maximum atomic E-state index is 12.9. The van der Waals surface area contributed by atoms with Gasteiger partial charge in [0, 0.05) is 5.56 Å². The van der Waals surface area contributed by atoms with Gasteiger partial charge in [-0.15, -0.1) is 0 Å². The van der Waals surface area contributed by atoms with Crippen molar-refractivity contribution in [1.82, 2.24) is 0 Å². The highest BCUT2D eigenvalue weighted by atomic mass is 16.5. The molecule has 0 saturated heterocycles. The highest BCUT2D eigenvalue weighted by molar-refractivity contribution is 5.82. The lowest BCUT2D eigenvalue weighted by atomic mass is 10.1. The summed E-state index contributed by atoms with van der Waals surface area (Å²) < 4.78 is 17.0. The van der Waals surface area contributed by atoms with E-state index in [1.807, 2.05) is 57.2 Å². The van der Waals surface area contributed by atoms with E-state index in [2.05, 4.69) is 0 Å². The van der Waals surface area contributed by atoms with Crippen LogP contribution in [0.15, 0.2) is 51.7 Å². The Morgan fingerprint density at radius 3 is 2.38 bits per heavy atom. The van der Waals surface area contributed by atoms with Gasteiger partial charge >= 0.3 is 0 Å². The van der Waals surface area contributed by atoms with E-state index in [9.17, 15) is 4.79 Å². The van der Waals surface area contributed by atoms with E-state index < -0.39 is 0 Å². The first kappa shape index (κ1) is 16.1. The predicted octanol–water partition coefficient (Wildman–Crippen LogP) is 4.56. The number of aryl methyl sites for hydroxylation is 1. The Morgan fingerprint density at radius 1 is 1.04 bits per heavy atom. The summed E-state index contributed by atoms with van der Waals surface area (Å²) in [7, 11) is 1.61. The molecule has 0 saturated carbocycles. The van der Waals surface area contributed by atoms with E-state index in [0.717, 1.165) is 16.9 Å². The highest BCUT2D eigenvalue weighted by Crippen LogP contribution is 2.32. The Kier molecular flexibility index (Phi) is 4.30. The molecule has 3 aromatic rings. The molecule has 0 aliphatic carbocycles. The van der Waals surface area contributed by atoms with Gasteiger partial charge in [0.05, 0.1) is 18.6 Å². The van der Waals surface area contributed by atoms with E-state index in [4.69, 9.17) is 13.9 Å². The first-order valence-electron chi connectivity index (χ1n) is 7.88. The molecule has 0 amide bonds.